The van der Waals surface area contributed by atoms with Crippen LogP contribution in [0.3, 0.4) is 0 Å². The second-order valence-electron chi connectivity index (χ2n) is 7.00. The molecule has 30 heavy (non-hydrogen) atoms. The number of rotatable bonds is 8. The first-order valence-electron chi connectivity index (χ1n) is 9.66. The summed E-state index contributed by atoms with van der Waals surface area (Å²) in [6.07, 6.45) is 1.79. The minimum absolute atomic E-state index is 0.0777. The quantitative estimate of drug-likeness (QED) is 0.414. The average Bonchev–Trinajstić information content (AvgIpc) is 3.12. The van der Waals surface area contributed by atoms with E-state index in [1.807, 2.05) is 61.7 Å². The highest BCUT2D eigenvalue weighted by molar-refractivity contribution is 8.00. The number of amides is 1. The van der Waals surface area contributed by atoms with Crippen LogP contribution in [0, 0.1) is 13.8 Å². The van der Waals surface area contributed by atoms with E-state index in [0.717, 1.165) is 34.0 Å². The first-order valence-corrected chi connectivity index (χ1v) is 10.5. The molecule has 3 aromatic rings. The van der Waals surface area contributed by atoms with Crippen molar-refractivity contribution in [3.63, 3.8) is 0 Å². The first kappa shape index (κ1) is 21.6. The van der Waals surface area contributed by atoms with Crippen LogP contribution in [0.15, 0.2) is 60.3 Å². The standard InChI is InChI=1S/C23H26N4O2S/c1-6-13-27-21(18-8-10-19(29-5)11-9-18)25-26-23(27)30-17(4)22(28)24-20-12-7-15(2)14-16(20)3/h6-12,14,17H,1,13H2,2-5H3,(H,24,28)/t17-/m0/s1. The van der Waals surface area contributed by atoms with E-state index in [0.29, 0.717) is 11.7 Å². The number of nitrogens with one attached hydrogen (secondary N) is 1. The van der Waals surface area contributed by atoms with Crippen LogP contribution in [0.4, 0.5) is 5.69 Å². The number of hydrogen-bond donors (Lipinski definition) is 1. The number of hydrogen-bond acceptors (Lipinski definition) is 5. The first-order chi connectivity index (χ1) is 14.4. The SMILES string of the molecule is C=CCn1c(S[C@@H](C)C(=O)Nc2ccc(C)cc2C)nnc1-c1ccc(OC)cc1. The van der Waals surface area contributed by atoms with E-state index in [1.165, 1.54) is 11.8 Å². The van der Waals surface area contributed by atoms with Crippen molar-refractivity contribution in [3.8, 4) is 17.1 Å². The number of carbonyl (C=O) groups excluding carboxylic acids is 1. The number of thioether (sulfide) groups is 1. The molecule has 0 aliphatic carbocycles. The number of carbonyl (C=O) groups is 1. The van der Waals surface area contributed by atoms with E-state index in [4.69, 9.17) is 4.74 Å². The lowest BCUT2D eigenvalue weighted by atomic mass is 10.1. The van der Waals surface area contributed by atoms with E-state index < -0.39 is 0 Å². The van der Waals surface area contributed by atoms with Crippen molar-refractivity contribution >= 4 is 23.4 Å². The average molecular weight is 423 g/mol. The number of aromatic nitrogens is 3. The molecular weight excluding hydrogens is 396 g/mol. The van der Waals surface area contributed by atoms with E-state index in [-0.39, 0.29) is 11.2 Å². The molecule has 1 amide bonds. The summed E-state index contributed by atoms with van der Waals surface area (Å²) in [4.78, 5) is 12.7. The minimum Gasteiger partial charge on any atom is -0.497 e. The van der Waals surface area contributed by atoms with E-state index >= 15 is 0 Å². The van der Waals surface area contributed by atoms with E-state index in [1.54, 1.807) is 13.2 Å². The van der Waals surface area contributed by atoms with Crippen molar-refractivity contribution in [2.45, 2.75) is 37.7 Å². The molecule has 0 aliphatic rings. The number of aryl methyl sites for hydroxylation is 2. The summed E-state index contributed by atoms with van der Waals surface area (Å²) < 4.78 is 7.18. The Labute approximate surface area is 181 Å². The Hall–Kier alpha value is -3.06. The maximum absolute atomic E-state index is 12.7. The zero-order valence-electron chi connectivity index (χ0n) is 17.7. The topological polar surface area (TPSA) is 69.0 Å². The van der Waals surface area contributed by atoms with E-state index in [9.17, 15) is 4.79 Å². The molecule has 1 heterocycles. The number of anilines is 1. The molecule has 156 valence electrons. The molecule has 0 saturated heterocycles. The number of allylic oxidation sites excluding steroid dienone is 1. The zero-order valence-corrected chi connectivity index (χ0v) is 18.5. The Balaban J connectivity index is 1.78. The normalized spacial score (nSPS) is 11.7. The second-order valence-corrected chi connectivity index (χ2v) is 8.31. The molecule has 1 N–H and O–H groups in total. The fraction of sp³-hybridized carbons (Fsp3) is 0.261. The van der Waals surface area contributed by atoms with Crippen LogP contribution in [0.25, 0.3) is 11.4 Å². The Kier molecular flexibility index (Phi) is 6.95. The highest BCUT2D eigenvalue weighted by Gasteiger charge is 2.21. The molecular formula is C23H26N4O2S. The van der Waals surface area contributed by atoms with Gasteiger partial charge in [0.2, 0.25) is 5.91 Å². The molecule has 6 nitrogen and oxygen atoms in total. The molecule has 7 heteroatoms. The van der Waals surface area contributed by atoms with Crippen molar-refractivity contribution in [1.82, 2.24) is 14.8 Å². The predicted molar refractivity (Wildman–Crippen MR) is 122 cm³/mol. The van der Waals surface area contributed by atoms with Gasteiger partial charge in [-0.3, -0.25) is 9.36 Å². The molecule has 3 rings (SSSR count). The van der Waals surface area contributed by atoms with Gasteiger partial charge < -0.3 is 10.1 Å². The molecule has 1 atom stereocenters. The van der Waals surface area contributed by atoms with Crippen molar-refractivity contribution in [3.05, 3.63) is 66.2 Å². The molecule has 0 fully saturated rings. The number of methoxy groups -OCH3 is 1. The fourth-order valence-electron chi connectivity index (χ4n) is 3.02. The molecule has 0 spiro atoms. The van der Waals surface area contributed by atoms with Gasteiger partial charge in [0.25, 0.3) is 0 Å². The van der Waals surface area contributed by atoms with Crippen LogP contribution < -0.4 is 10.1 Å². The van der Waals surface area contributed by atoms with Gasteiger partial charge in [-0.25, -0.2) is 0 Å². The van der Waals surface area contributed by atoms with Gasteiger partial charge in [-0.1, -0.05) is 35.5 Å². The lowest BCUT2D eigenvalue weighted by molar-refractivity contribution is -0.115. The minimum atomic E-state index is -0.345. The molecule has 0 saturated carbocycles. The number of nitrogens with zero attached hydrogens (tertiary/aromatic N) is 3. The number of benzene rings is 2. The third-order valence-electron chi connectivity index (χ3n) is 4.67. The smallest absolute Gasteiger partial charge is 0.237 e. The molecule has 0 unspecified atom stereocenters. The molecule has 0 radical (unpaired) electrons. The summed E-state index contributed by atoms with van der Waals surface area (Å²) in [5.41, 5.74) is 3.95. The summed E-state index contributed by atoms with van der Waals surface area (Å²) in [7, 11) is 1.63. The predicted octanol–water partition coefficient (Wildman–Crippen LogP) is 4.88. The van der Waals surface area contributed by atoms with Gasteiger partial charge in [-0.05, 0) is 56.7 Å². The van der Waals surface area contributed by atoms with Crippen LogP contribution in [-0.2, 0) is 11.3 Å². The van der Waals surface area contributed by atoms with Crippen LogP contribution in [0.2, 0.25) is 0 Å². The van der Waals surface area contributed by atoms with Gasteiger partial charge in [0, 0.05) is 17.8 Å². The summed E-state index contributed by atoms with van der Waals surface area (Å²) in [5.74, 6) is 1.42. The zero-order chi connectivity index (χ0) is 21.7. The Morgan fingerprint density at radius 3 is 2.60 bits per heavy atom. The van der Waals surface area contributed by atoms with Crippen molar-refractivity contribution in [2.24, 2.45) is 0 Å². The second kappa shape index (κ2) is 9.63. The van der Waals surface area contributed by atoms with Gasteiger partial charge in [0.1, 0.15) is 5.75 Å². The Morgan fingerprint density at radius 1 is 1.23 bits per heavy atom. The van der Waals surface area contributed by atoms with Crippen molar-refractivity contribution in [2.75, 3.05) is 12.4 Å². The largest absolute Gasteiger partial charge is 0.497 e. The van der Waals surface area contributed by atoms with Gasteiger partial charge in [0.05, 0.1) is 12.4 Å². The van der Waals surface area contributed by atoms with Crippen LogP contribution in [-0.4, -0.2) is 33.0 Å². The lowest BCUT2D eigenvalue weighted by Crippen LogP contribution is -2.23. The Bertz CT molecular complexity index is 1040. The van der Waals surface area contributed by atoms with Crippen LogP contribution in [0.5, 0.6) is 5.75 Å². The van der Waals surface area contributed by atoms with Gasteiger partial charge in [0.15, 0.2) is 11.0 Å². The van der Waals surface area contributed by atoms with Crippen LogP contribution >= 0.6 is 11.8 Å². The van der Waals surface area contributed by atoms with Gasteiger partial charge in [-0.2, -0.15) is 0 Å². The monoisotopic (exact) mass is 422 g/mol. The van der Waals surface area contributed by atoms with Gasteiger partial charge >= 0.3 is 0 Å². The lowest BCUT2D eigenvalue weighted by Gasteiger charge is -2.14. The summed E-state index contributed by atoms with van der Waals surface area (Å²) >= 11 is 1.37. The fourth-order valence-corrected chi connectivity index (χ4v) is 3.88. The highest BCUT2D eigenvalue weighted by atomic mass is 32.2. The molecule has 0 aliphatic heterocycles. The van der Waals surface area contributed by atoms with Crippen molar-refractivity contribution < 1.29 is 9.53 Å². The molecule has 0 bridgehead atoms. The van der Waals surface area contributed by atoms with E-state index in [2.05, 4.69) is 28.2 Å². The van der Waals surface area contributed by atoms with Crippen molar-refractivity contribution in [1.29, 1.82) is 0 Å². The Morgan fingerprint density at radius 2 is 1.97 bits per heavy atom. The summed E-state index contributed by atoms with van der Waals surface area (Å²) in [5, 5.41) is 12.0. The summed E-state index contributed by atoms with van der Waals surface area (Å²) in [6, 6.07) is 13.6. The molecule has 1 aromatic heterocycles. The van der Waals surface area contributed by atoms with Gasteiger partial charge in [-0.15, -0.1) is 16.8 Å². The number of ether oxygens (including phenoxy) is 1. The highest BCUT2D eigenvalue weighted by Crippen LogP contribution is 2.28. The summed E-state index contributed by atoms with van der Waals surface area (Å²) in [6.45, 7) is 10.3. The molecule has 2 aromatic carbocycles. The third-order valence-corrected chi connectivity index (χ3v) is 5.75. The maximum Gasteiger partial charge on any atom is 0.237 e. The van der Waals surface area contributed by atoms with Crippen LogP contribution in [0.1, 0.15) is 18.1 Å². The maximum atomic E-state index is 12.7. The third kappa shape index (κ3) is 4.91.